The molecule has 0 saturated carbocycles. The Labute approximate surface area is 157 Å². The lowest BCUT2D eigenvalue weighted by Gasteiger charge is -2.20. The molecule has 3 aromatic rings. The van der Waals surface area contributed by atoms with Gasteiger partial charge in [-0.25, -0.2) is 17.8 Å². The van der Waals surface area contributed by atoms with Gasteiger partial charge in [0.05, 0.1) is 12.0 Å². The standard InChI is InChI=1S/C19H20FN3O3S/c1-13-11-15(20)7-8-17(13)27(24,25)22-18(19-21-9-10-23(19)2)14-5-4-6-16(12-14)26-3/h4-12,18,22H,1-3H3/t18-/m1/s1. The van der Waals surface area contributed by atoms with E-state index in [9.17, 15) is 12.8 Å². The molecule has 0 aliphatic rings. The second-order valence-corrected chi connectivity index (χ2v) is 7.82. The number of aryl methyl sites for hydroxylation is 2. The molecule has 8 heteroatoms. The number of nitrogens with one attached hydrogen (secondary N) is 1. The van der Waals surface area contributed by atoms with Gasteiger partial charge >= 0.3 is 0 Å². The Morgan fingerprint density at radius 2 is 2.00 bits per heavy atom. The molecule has 0 saturated heterocycles. The van der Waals surface area contributed by atoms with E-state index in [1.54, 1.807) is 62.3 Å². The maximum absolute atomic E-state index is 13.4. The first kappa shape index (κ1) is 19.1. The zero-order valence-corrected chi connectivity index (χ0v) is 16.0. The van der Waals surface area contributed by atoms with Gasteiger partial charge < -0.3 is 9.30 Å². The highest BCUT2D eigenvalue weighted by atomic mass is 32.2. The van der Waals surface area contributed by atoms with Gasteiger partial charge in [0, 0.05) is 19.4 Å². The lowest BCUT2D eigenvalue weighted by atomic mass is 10.1. The normalized spacial score (nSPS) is 12.7. The number of aromatic nitrogens is 2. The summed E-state index contributed by atoms with van der Waals surface area (Å²) < 4.78 is 49.1. The molecule has 3 rings (SSSR count). The first-order valence-electron chi connectivity index (χ1n) is 8.21. The molecule has 0 fully saturated rings. The highest BCUT2D eigenvalue weighted by Crippen LogP contribution is 2.27. The zero-order valence-electron chi connectivity index (χ0n) is 15.2. The predicted octanol–water partition coefficient (Wildman–Crippen LogP) is 2.94. The van der Waals surface area contributed by atoms with E-state index >= 15 is 0 Å². The molecule has 0 amide bonds. The van der Waals surface area contributed by atoms with E-state index in [-0.39, 0.29) is 4.90 Å². The van der Waals surface area contributed by atoms with Gasteiger partial charge in [0.15, 0.2) is 0 Å². The third-order valence-corrected chi connectivity index (χ3v) is 5.83. The molecule has 0 bridgehead atoms. The largest absolute Gasteiger partial charge is 0.497 e. The Bertz CT molecular complexity index is 1060. The summed E-state index contributed by atoms with van der Waals surface area (Å²) in [6.07, 6.45) is 3.33. The predicted molar refractivity (Wildman–Crippen MR) is 99.5 cm³/mol. The van der Waals surface area contributed by atoms with Crippen LogP contribution in [0.3, 0.4) is 0 Å². The minimum atomic E-state index is -3.93. The number of halogens is 1. The van der Waals surface area contributed by atoms with Crippen molar-refractivity contribution in [3.8, 4) is 5.75 Å². The van der Waals surface area contributed by atoms with Gasteiger partial charge in [-0.15, -0.1) is 0 Å². The molecule has 0 spiro atoms. The topological polar surface area (TPSA) is 73.2 Å². The number of benzene rings is 2. The van der Waals surface area contributed by atoms with Crippen molar-refractivity contribution in [2.24, 2.45) is 7.05 Å². The average molecular weight is 389 g/mol. The number of sulfonamides is 1. The Hall–Kier alpha value is -2.71. The molecule has 0 radical (unpaired) electrons. The number of rotatable bonds is 6. The van der Waals surface area contributed by atoms with Crippen LogP contribution >= 0.6 is 0 Å². The number of hydrogen-bond acceptors (Lipinski definition) is 4. The molecule has 2 aromatic carbocycles. The average Bonchev–Trinajstić information content (AvgIpc) is 3.05. The van der Waals surface area contributed by atoms with E-state index in [0.717, 1.165) is 6.07 Å². The van der Waals surface area contributed by atoms with Crippen LogP contribution in [0.15, 0.2) is 59.8 Å². The van der Waals surface area contributed by atoms with Crippen LogP contribution in [-0.4, -0.2) is 25.1 Å². The molecule has 1 atom stereocenters. The molecule has 27 heavy (non-hydrogen) atoms. The van der Waals surface area contributed by atoms with Gasteiger partial charge in [0.2, 0.25) is 10.0 Å². The van der Waals surface area contributed by atoms with Crippen molar-refractivity contribution in [1.82, 2.24) is 14.3 Å². The minimum absolute atomic E-state index is 0.0194. The van der Waals surface area contributed by atoms with Crippen molar-refractivity contribution in [2.45, 2.75) is 17.9 Å². The summed E-state index contributed by atoms with van der Waals surface area (Å²) in [6, 6.07) is 9.93. The minimum Gasteiger partial charge on any atom is -0.497 e. The van der Waals surface area contributed by atoms with Crippen LogP contribution in [0, 0.1) is 12.7 Å². The SMILES string of the molecule is COc1cccc([C@@H](NS(=O)(=O)c2ccc(F)cc2C)c2nccn2C)c1. The Kier molecular flexibility index (Phi) is 5.29. The fourth-order valence-electron chi connectivity index (χ4n) is 2.88. The highest BCUT2D eigenvalue weighted by Gasteiger charge is 2.27. The van der Waals surface area contributed by atoms with E-state index in [1.165, 1.54) is 12.1 Å². The fraction of sp³-hybridized carbons (Fsp3) is 0.211. The summed E-state index contributed by atoms with van der Waals surface area (Å²) in [5.41, 5.74) is 0.999. The Morgan fingerprint density at radius 1 is 1.22 bits per heavy atom. The second-order valence-electron chi connectivity index (χ2n) is 6.14. The van der Waals surface area contributed by atoms with Gasteiger partial charge in [-0.2, -0.15) is 4.72 Å². The molecule has 1 aromatic heterocycles. The molecule has 0 aliphatic heterocycles. The quantitative estimate of drug-likeness (QED) is 0.704. The zero-order chi connectivity index (χ0) is 19.6. The van der Waals surface area contributed by atoms with Crippen molar-refractivity contribution < 1.29 is 17.5 Å². The maximum Gasteiger partial charge on any atom is 0.241 e. The maximum atomic E-state index is 13.4. The summed E-state index contributed by atoms with van der Waals surface area (Å²) in [5, 5.41) is 0. The van der Waals surface area contributed by atoms with Gasteiger partial charge in [-0.3, -0.25) is 0 Å². The number of hydrogen-bond donors (Lipinski definition) is 1. The number of ether oxygens (including phenoxy) is 1. The van der Waals surface area contributed by atoms with Crippen LogP contribution in [0.2, 0.25) is 0 Å². The first-order chi connectivity index (χ1) is 12.8. The van der Waals surface area contributed by atoms with Gasteiger partial charge in [0.25, 0.3) is 0 Å². The van der Waals surface area contributed by atoms with Crippen LogP contribution in [0.5, 0.6) is 5.75 Å². The van der Waals surface area contributed by atoms with Crippen LogP contribution < -0.4 is 9.46 Å². The van der Waals surface area contributed by atoms with E-state index < -0.39 is 21.9 Å². The van der Waals surface area contributed by atoms with E-state index in [2.05, 4.69) is 9.71 Å². The van der Waals surface area contributed by atoms with Crippen molar-refractivity contribution >= 4 is 10.0 Å². The third-order valence-electron chi connectivity index (χ3n) is 4.24. The summed E-state index contributed by atoms with van der Waals surface area (Å²) in [4.78, 5) is 4.32. The van der Waals surface area contributed by atoms with Crippen LogP contribution in [0.25, 0.3) is 0 Å². The number of imidazole rings is 1. The highest BCUT2D eigenvalue weighted by molar-refractivity contribution is 7.89. The van der Waals surface area contributed by atoms with Gasteiger partial charge in [-0.1, -0.05) is 12.1 Å². The van der Waals surface area contributed by atoms with E-state index in [0.29, 0.717) is 22.7 Å². The van der Waals surface area contributed by atoms with Crippen molar-refractivity contribution in [2.75, 3.05) is 7.11 Å². The van der Waals surface area contributed by atoms with Gasteiger partial charge in [0.1, 0.15) is 23.4 Å². The van der Waals surface area contributed by atoms with Crippen LogP contribution in [0.1, 0.15) is 23.0 Å². The molecular weight excluding hydrogens is 369 g/mol. The molecule has 0 aliphatic carbocycles. The molecule has 6 nitrogen and oxygen atoms in total. The van der Waals surface area contributed by atoms with Crippen molar-refractivity contribution in [3.63, 3.8) is 0 Å². The van der Waals surface area contributed by atoms with Crippen LogP contribution in [0.4, 0.5) is 4.39 Å². The summed E-state index contributed by atoms with van der Waals surface area (Å²) >= 11 is 0. The first-order valence-corrected chi connectivity index (χ1v) is 9.70. The fourth-order valence-corrected chi connectivity index (χ4v) is 4.29. The summed E-state index contributed by atoms with van der Waals surface area (Å²) in [7, 11) is -0.601. The third kappa shape index (κ3) is 4.01. The second kappa shape index (κ2) is 7.50. The lowest BCUT2D eigenvalue weighted by Crippen LogP contribution is -2.31. The van der Waals surface area contributed by atoms with Crippen molar-refractivity contribution in [3.05, 3.63) is 77.6 Å². The van der Waals surface area contributed by atoms with Gasteiger partial charge in [-0.05, 0) is 48.4 Å². The molecule has 1 N–H and O–H groups in total. The molecule has 0 unspecified atom stereocenters. The lowest BCUT2D eigenvalue weighted by molar-refractivity contribution is 0.413. The molecule has 142 valence electrons. The van der Waals surface area contributed by atoms with E-state index in [4.69, 9.17) is 4.74 Å². The molecular formula is C19H20FN3O3S. The van der Waals surface area contributed by atoms with Crippen molar-refractivity contribution in [1.29, 1.82) is 0 Å². The van der Waals surface area contributed by atoms with E-state index in [1.807, 2.05) is 0 Å². The summed E-state index contributed by atoms with van der Waals surface area (Å²) in [5.74, 6) is 0.635. The monoisotopic (exact) mass is 389 g/mol. The number of methoxy groups -OCH3 is 1. The summed E-state index contributed by atoms with van der Waals surface area (Å²) in [6.45, 7) is 1.55. The van der Waals surface area contributed by atoms with Crippen LogP contribution in [-0.2, 0) is 17.1 Å². The smallest absolute Gasteiger partial charge is 0.241 e. The molecule has 1 heterocycles. The Balaban J connectivity index is 2.07. The Morgan fingerprint density at radius 3 is 2.63 bits per heavy atom. The number of nitrogens with zero attached hydrogens (tertiary/aromatic N) is 2.